The first kappa shape index (κ1) is 16.9. The summed E-state index contributed by atoms with van der Waals surface area (Å²) in [4.78, 5) is 11.1. The molecule has 4 aliphatic carbocycles. The minimum Gasteiger partial charge on any atom is -0.366 e. The summed E-state index contributed by atoms with van der Waals surface area (Å²) in [6, 6.07) is -0.0212. The molecule has 5 rings (SSSR count). The van der Waals surface area contributed by atoms with Gasteiger partial charge in [0.2, 0.25) is 0 Å². The van der Waals surface area contributed by atoms with Gasteiger partial charge in [-0.2, -0.15) is 4.91 Å². The summed E-state index contributed by atoms with van der Waals surface area (Å²) in [5, 5.41) is 3.35. The third-order valence-corrected chi connectivity index (χ3v) is 8.85. The highest BCUT2D eigenvalue weighted by Gasteiger charge is 2.64. The van der Waals surface area contributed by atoms with Crippen molar-refractivity contribution in [3.63, 3.8) is 0 Å². The second-order valence-corrected chi connectivity index (χ2v) is 9.38. The first-order valence-corrected chi connectivity index (χ1v) is 10.7. The quantitative estimate of drug-likeness (QED) is 0.470. The summed E-state index contributed by atoms with van der Waals surface area (Å²) in [5.41, 5.74) is 4.72. The van der Waals surface area contributed by atoms with Crippen LogP contribution in [0, 0.1) is 28.1 Å². The van der Waals surface area contributed by atoms with Gasteiger partial charge in [0.25, 0.3) is 0 Å². The van der Waals surface area contributed by atoms with E-state index in [4.69, 9.17) is 4.74 Å². The first-order chi connectivity index (χ1) is 12.6. The zero-order valence-electron chi connectivity index (χ0n) is 16.0. The molecule has 0 amide bonds. The number of rotatable bonds is 2. The van der Waals surface area contributed by atoms with Crippen LogP contribution in [0.4, 0.5) is 0 Å². The van der Waals surface area contributed by atoms with Gasteiger partial charge in [-0.05, 0) is 81.1 Å². The number of ether oxygens (including phenoxy) is 1. The molecule has 2 fully saturated rings. The van der Waals surface area contributed by atoms with Crippen molar-refractivity contribution in [2.75, 3.05) is 6.61 Å². The smallest absolute Gasteiger partial charge is 0.0963 e. The lowest BCUT2D eigenvalue weighted by atomic mass is 9.50. The lowest BCUT2D eigenvalue weighted by Gasteiger charge is -2.56. The molecule has 3 heteroatoms. The van der Waals surface area contributed by atoms with Gasteiger partial charge in [0.15, 0.2) is 0 Å². The maximum atomic E-state index is 11.1. The molecule has 2 saturated carbocycles. The van der Waals surface area contributed by atoms with E-state index in [0.29, 0.717) is 11.3 Å². The van der Waals surface area contributed by atoms with E-state index in [0.717, 1.165) is 44.1 Å². The Balaban J connectivity index is 1.51. The zero-order valence-corrected chi connectivity index (χ0v) is 16.0. The van der Waals surface area contributed by atoms with Gasteiger partial charge in [0.1, 0.15) is 0 Å². The van der Waals surface area contributed by atoms with Crippen LogP contribution in [0.2, 0.25) is 0 Å². The summed E-state index contributed by atoms with van der Waals surface area (Å²) in [6.45, 7) is 7.65. The molecule has 1 aliphatic heterocycles. The summed E-state index contributed by atoms with van der Waals surface area (Å²) in [6.07, 6.45) is 15.0. The SMILES string of the molecule is C=C1CC2C(CC[C@@]3(CC)C2CC[C@@]32C=CCO2)C2=C1CC(N=O)CC2. The van der Waals surface area contributed by atoms with E-state index in [2.05, 4.69) is 30.8 Å². The maximum Gasteiger partial charge on any atom is 0.0963 e. The number of hydrogen-bond donors (Lipinski definition) is 0. The molecule has 1 heterocycles. The van der Waals surface area contributed by atoms with E-state index in [9.17, 15) is 4.91 Å². The molecule has 6 atom stereocenters. The second kappa shape index (κ2) is 5.89. The third kappa shape index (κ3) is 2.04. The Morgan fingerprint density at radius 3 is 2.88 bits per heavy atom. The van der Waals surface area contributed by atoms with E-state index in [1.54, 1.807) is 5.57 Å². The van der Waals surface area contributed by atoms with Crippen LogP contribution in [-0.2, 0) is 4.74 Å². The average Bonchev–Trinajstić information content (AvgIpc) is 3.28. The summed E-state index contributed by atoms with van der Waals surface area (Å²) in [7, 11) is 0. The van der Waals surface area contributed by atoms with Crippen molar-refractivity contribution < 1.29 is 4.74 Å². The van der Waals surface area contributed by atoms with E-state index in [-0.39, 0.29) is 11.6 Å². The molecule has 0 bridgehead atoms. The summed E-state index contributed by atoms with van der Waals surface area (Å²) in [5.74, 6) is 2.20. The minimum atomic E-state index is -0.0212. The fraction of sp³-hybridized carbons (Fsp3) is 0.739. The van der Waals surface area contributed by atoms with Crippen LogP contribution in [-0.4, -0.2) is 18.2 Å². The van der Waals surface area contributed by atoms with Crippen molar-refractivity contribution in [1.82, 2.24) is 0 Å². The minimum absolute atomic E-state index is 0.00642. The molecule has 0 radical (unpaired) electrons. The standard InChI is InChI=1S/C23H31NO2/c1-3-22-10-7-18-17-6-5-16(24-25)14-19(17)15(2)13-20(18)21(22)8-11-23(22)9-4-12-26-23/h4,9,16,18,20-21H,2-3,5-8,10-14H2,1H3/t16?,18?,20?,21?,22-,23-/m0/s1. The molecule has 0 N–H and O–H groups in total. The lowest BCUT2D eigenvalue weighted by Crippen LogP contribution is -2.52. The van der Waals surface area contributed by atoms with Gasteiger partial charge < -0.3 is 4.74 Å². The third-order valence-electron chi connectivity index (χ3n) is 8.85. The van der Waals surface area contributed by atoms with Crippen LogP contribution < -0.4 is 0 Å². The van der Waals surface area contributed by atoms with Crippen molar-refractivity contribution in [2.45, 2.75) is 76.4 Å². The molecule has 0 aromatic heterocycles. The van der Waals surface area contributed by atoms with Crippen molar-refractivity contribution in [1.29, 1.82) is 0 Å². The van der Waals surface area contributed by atoms with E-state index in [1.807, 2.05) is 0 Å². The highest BCUT2D eigenvalue weighted by molar-refractivity contribution is 5.42. The maximum absolute atomic E-state index is 11.1. The number of nitroso groups, excluding NO2 is 1. The molecule has 1 spiro atoms. The number of allylic oxidation sites excluding steroid dienone is 2. The molecule has 3 nitrogen and oxygen atoms in total. The number of fused-ring (bicyclic) bond motifs is 5. The van der Waals surface area contributed by atoms with Gasteiger partial charge in [0, 0.05) is 5.41 Å². The average molecular weight is 354 g/mol. The molecule has 0 saturated heterocycles. The Hall–Kier alpha value is -1.22. The zero-order chi connectivity index (χ0) is 17.9. The van der Waals surface area contributed by atoms with Crippen LogP contribution in [0.25, 0.3) is 0 Å². The highest BCUT2D eigenvalue weighted by Crippen LogP contribution is 2.68. The Kier molecular flexibility index (Phi) is 3.83. The Morgan fingerprint density at radius 2 is 2.15 bits per heavy atom. The number of nitrogens with zero attached hydrogens (tertiary/aromatic N) is 1. The van der Waals surface area contributed by atoms with Crippen LogP contribution in [0.3, 0.4) is 0 Å². The molecule has 26 heavy (non-hydrogen) atoms. The molecular formula is C23H31NO2. The van der Waals surface area contributed by atoms with Crippen LogP contribution in [0.1, 0.15) is 64.7 Å². The molecule has 140 valence electrons. The lowest BCUT2D eigenvalue weighted by molar-refractivity contribution is -0.111. The van der Waals surface area contributed by atoms with Crippen molar-refractivity contribution in [2.24, 2.45) is 28.3 Å². The van der Waals surface area contributed by atoms with Gasteiger partial charge in [-0.3, -0.25) is 0 Å². The molecule has 0 aromatic rings. The predicted octanol–water partition coefficient (Wildman–Crippen LogP) is 5.72. The molecule has 5 aliphatic rings. The van der Waals surface area contributed by atoms with Gasteiger partial charge in [-0.15, -0.1) is 0 Å². The Bertz CT molecular complexity index is 707. The van der Waals surface area contributed by atoms with E-state index in [1.165, 1.54) is 43.3 Å². The van der Waals surface area contributed by atoms with Gasteiger partial charge in [0.05, 0.1) is 18.2 Å². The highest BCUT2D eigenvalue weighted by atomic mass is 16.5. The Morgan fingerprint density at radius 1 is 1.27 bits per heavy atom. The summed E-state index contributed by atoms with van der Waals surface area (Å²) >= 11 is 0. The molecular weight excluding hydrogens is 322 g/mol. The second-order valence-electron chi connectivity index (χ2n) is 9.38. The van der Waals surface area contributed by atoms with Crippen LogP contribution in [0.5, 0.6) is 0 Å². The van der Waals surface area contributed by atoms with E-state index < -0.39 is 0 Å². The van der Waals surface area contributed by atoms with Crippen molar-refractivity contribution >= 4 is 0 Å². The molecule has 0 aromatic carbocycles. The van der Waals surface area contributed by atoms with Crippen LogP contribution >= 0.6 is 0 Å². The fourth-order valence-electron chi connectivity index (χ4n) is 7.76. The van der Waals surface area contributed by atoms with Gasteiger partial charge >= 0.3 is 0 Å². The largest absolute Gasteiger partial charge is 0.366 e. The fourth-order valence-corrected chi connectivity index (χ4v) is 7.76. The van der Waals surface area contributed by atoms with Gasteiger partial charge in [-0.25, -0.2) is 0 Å². The molecule has 4 unspecified atom stereocenters. The topological polar surface area (TPSA) is 38.7 Å². The monoisotopic (exact) mass is 353 g/mol. The van der Waals surface area contributed by atoms with Gasteiger partial charge in [-0.1, -0.05) is 42.0 Å². The first-order valence-electron chi connectivity index (χ1n) is 10.7. The Labute approximate surface area is 156 Å². The van der Waals surface area contributed by atoms with Crippen molar-refractivity contribution in [3.8, 4) is 0 Å². The van der Waals surface area contributed by atoms with Crippen LogP contribution in [0.15, 0.2) is 40.6 Å². The van der Waals surface area contributed by atoms with E-state index >= 15 is 0 Å². The number of hydrogen-bond acceptors (Lipinski definition) is 3. The predicted molar refractivity (Wildman–Crippen MR) is 104 cm³/mol. The normalized spacial score (nSPS) is 47.0. The van der Waals surface area contributed by atoms with Crippen molar-refractivity contribution in [3.05, 3.63) is 40.4 Å². The summed E-state index contributed by atoms with van der Waals surface area (Å²) < 4.78 is 6.41.